The summed E-state index contributed by atoms with van der Waals surface area (Å²) < 4.78 is 21.5. The van der Waals surface area contributed by atoms with Crippen molar-refractivity contribution in [3.05, 3.63) is 121 Å². The summed E-state index contributed by atoms with van der Waals surface area (Å²) in [4.78, 5) is 51.1. The third-order valence-corrected chi connectivity index (χ3v) is 7.68. The van der Waals surface area contributed by atoms with Crippen LogP contribution in [0.3, 0.4) is 0 Å². The number of esters is 4. The quantitative estimate of drug-likeness (QED) is 0.0862. The second-order valence-electron chi connectivity index (χ2n) is 8.55. The summed E-state index contributed by atoms with van der Waals surface area (Å²) >= 11 is 2.89. The monoisotopic (exact) mass is 606 g/mol. The Morgan fingerprint density at radius 2 is 1.02 bits per heavy atom. The van der Waals surface area contributed by atoms with E-state index in [0.717, 1.165) is 21.9 Å². The predicted molar refractivity (Wildman–Crippen MR) is 161 cm³/mol. The topological polar surface area (TPSA) is 105 Å². The summed E-state index contributed by atoms with van der Waals surface area (Å²) in [5, 5.41) is 0. The summed E-state index contributed by atoms with van der Waals surface area (Å²) in [6, 6.07) is 24.9. The highest BCUT2D eigenvalue weighted by atomic mass is 32.2. The van der Waals surface area contributed by atoms with E-state index in [-0.39, 0.29) is 24.3 Å². The minimum Gasteiger partial charge on any atom is -0.458 e. The molecule has 0 aromatic heterocycles. The molecule has 3 rings (SSSR count). The molecule has 0 aliphatic heterocycles. The van der Waals surface area contributed by atoms with Gasteiger partial charge in [0.2, 0.25) is 0 Å². The molecule has 218 valence electrons. The fourth-order valence-electron chi connectivity index (χ4n) is 3.35. The average Bonchev–Trinajstić information content (AvgIpc) is 3.04. The van der Waals surface area contributed by atoms with Crippen molar-refractivity contribution in [1.82, 2.24) is 0 Å². The van der Waals surface area contributed by atoms with Gasteiger partial charge in [0.1, 0.15) is 25.4 Å². The van der Waals surface area contributed by atoms with Crippen LogP contribution in [0.4, 0.5) is 0 Å². The van der Waals surface area contributed by atoms with Crippen molar-refractivity contribution in [2.75, 3.05) is 24.7 Å². The Morgan fingerprint density at radius 1 is 0.619 bits per heavy atom. The van der Waals surface area contributed by atoms with Crippen molar-refractivity contribution in [3.8, 4) is 0 Å². The van der Waals surface area contributed by atoms with Gasteiger partial charge in [-0.05, 0) is 42.5 Å². The van der Waals surface area contributed by atoms with Gasteiger partial charge in [0.25, 0.3) is 0 Å². The van der Waals surface area contributed by atoms with Gasteiger partial charge in [0, 0.05) is 33.4 Å². The van der Waals surface area contributed by atoms with E-state index in [9.17, 15) is 19.2 Å². The number of rotatable bonds is 16. The molecule has 0 heterocycles. The third-order valence-electron chi connectivity index (χ3n) is 5.39. The molecule has 0 fully saturated rings. The van der Waals surface area contributed by atoms with Crippen molar-refractivity contribution >= 4 is 47.4 Å². The standard InChI is InChI=1S/C32H30O8S2/c1-3-29(33)39-25(21-41-27-14-7-5-8-15-27)19-37-31(35)23-12-11-13-24(18-23)32(36)38-20-26(40-30(34)4-2)22-42-28-16-9-6-10-17-28/h3-18,25-26H,1-2,19-22H2. The Hall–Kier alpha value is -4.28. The van der Waals surface area contributed by atoms with Crippen LogP contribution < -0.4 is 0 Å². The van der Waals surface area contributed by atoms with Crippen LogP contribution in [0.2, 0.25) is 0 Å². The van der Waals surface area contributed by atoms with Crippen molar-refractivity contribution in [1.29, 1.82) is 0 Å². The number of carbonyl (C=O) groups excluding carboxylic acids is 4. The zero-order valence-electron chi connectivity index (χ0n) is 22.7. The molecule has 0 aliphatic carbocycles. The van der Waals surface area contributed by atoms with E-state index in [4.69, 9.17) is 18.9 Å². The zero-order valence-corrected chi connectivity index (χ0v) is 24.4. The van der Waals surface area contributed by atoms with Crippen LogP contribution in [0.25, 0.3) is 0 Å². The average molecular weight is 607 g/mol. The molecule has 0 saturated heterocycles. The van der Waals surface area contributed by atoms with Gasteiger partial charge in [-0.15, -0.1) is 23.5 Å². The maximum atomic E-state index is 12.8. The SMILES string of the molecule is C=CC(=O)OC(COC(=O)c1cccc(C(=O)OCC(CSc2ccccc2)OC(=O)C=C)c1)CSc1ccccc1. The molecule has 2 atom stereocenters. The van der Waals surface area contributed by atoms with Crippen LogP contribution in [0, 0.1) is 0 Å². The largest absolute Gasteiger partial charge is 0.458 e. The van der Waals surface area contributed by atoms with Crippen molar-refractivity contribution < 1.29 is 38.1 Å². The van der Waals surface area contributed by atoms with E-state index in [1.807, 2.05) is 60.7 Å². The molecule has 0 N–H and O–H groups in total. The van der Waals surface area contributed by atoms with Gasteiger partial charge in [-0.3, -0.25) is 0 Å². The lowest BCUT2D eigenvalue weighted by Crippen LogP contribution is -2.27. The first-order valence-corrected chi connectivity index (χ1v) is 14.8. The predicted octanol–water partition coefficient (Wildman–Crippen LogP) is 5.78. The van der Waals surface area contributed by atoms with Crippen molar-refractivity contribution in [3.63, 3.8) is 0 Å². The fourth-order valence-corrected chi connectivity index (χ4v) is 5.13. The minimum absolute atomic E-state index is 0.114. The third kappa shape index (κ3) is 11.3. The van der Waals surface area contributed by atoms with Gasteiger partial charge in [0.15, 0.2) is 0 Å². The Kier molecular flexibility index (Phi) is 13.4. The first-order valence-electron chi connectivity index (χ1n) is 12.8. The summed E-state index contributed by atoms with van der Waals surface area (Å²) in [6.45, 7) is 6.43. The number of carbonyl (C=O) groups is 4. The Bertz CT molecular complexity index is 1260. The molecule has 3 aromatic rings. The molecule has 0 saturated carbocycles. The second-order valence-corrected chi connectivity index (χ2v) is 10.7. The molecular weight excluding hydrogens is 576 g/mol. The number of benzene rings is 3. The number of thioether (sulfide) groups is 2. The molecule has 42 heavy (non-hydrogen) atoms. The lowest BCUT2D eigenvalue weighted by atomic mass is 10.1. The molecule has 3 aromatic carbocycles. The van der Waals surface area contributed by atoms with Gasteiger partial charge < -0.3 is 18.9 Å². The molecule has 0 spiro atoms. The van der Waals surface area contributed by atoms with Gasteiger partial charge >= 0.3 is 23.9 Å². The molecule has 2 unspecified atom stereocenters. The summed E-state index contributed by atoms with van der Waals surface area (Å²) in [6.07, 6.45) is 0.643. The number of ether oxygens (including phenoxy) is 4. The van der Waals surface area contributed by atoms with Crippen LogP contribution >= 0.6 is 23.5 Å². The summed E-state index contributed by atoms with van der Waals surface area (Å²) in [5.74, 6) is -1.97. The summed E-state index contributed by atoms with van der Waals surface area (Å²) in [7, 11) is 0. The number of hydrogen-bond acceptors (Lipinski definition) is 10. The Labute approximate surface area is 253 Å². The lowest BCUT2D eigenvalue weighted by Gasteiger charge is -2.17. The first kappa shape index (κ1) is 32.2. The highest BCUT2D eigenvalue weighted by Gasteiger charge is 2.20. The number of hydrogen-bond donors (Lipinski definition) is 0. The normalized spacial score (nSPS) is 11.8. The van der Waals surface area contributed by atoms with Gasteiger partial charge in [-0.25, -0.2) is 19.2 Å². The minimum atomic E-state index is -0.721. The van der Waals surface area contributed by atoms with Gasteiger partial charge in [-0.2, -0.15) is 0 Å². The molecule has 10 heteroatoms. The molecule has 0 bridgehead atoms. The van der Waals surface area contributed by atoms with E-state index < -0.39 is 36.1 Å². The molecule has 0 amide bonds. The van der Waals surface area contributed by atoms with E-state index >= 15 is 0 Å². The van der Waals surface area contributed by atoms with Crippen LogP contribution in [-0.2, 0) is 28.5 Å². The summed E-state index contributed by atoms with van der Waals surface area (Å²) in [5.41, 5.74) is 0.228. The van der Waals surface area contributed by atoms with Gasteiger partial charge in [-0.1, -0.05) is 55.6 Å². The fraction of sp³-hybridized carbons (Fsp3) is 0.188. The molecule has 0 aliphatic rings. The van der Waals surface area contributed by atoms with Crippen LogP contribution in [0.15, 0.2) is 120 Å². The highest BCUT2D eigenvalue weighted by molar-refractivity contribution is 7.99. The maximum absolute atomic E-state index is 12.8. The van der Waals surface area contributed by atoms with Crippen molar-refractivity contribution in [2.24, 2.45) is 0 Å². The second kappa shape index (κ2) is 17.5. The molecular formula is C32H30O8S2. The van der Waals surface area contributed by atoms with E-state index in [1.54, 1.807) is 0 Å². The maximum Gasteiger partial charge on any atom is 0.338 e. The lowest BCUT2D eigenvalue weighted by molar-refractivity contribution is -0.144. The van der Waals surface area contributed by atoms with E-state index in [1.165, 1.54) is 47.8 Å². The zero-order chi connectivity index (χ0) is 30.2. The van der Waals surface area contributed by atoms with Crippen LogP contribution in [0.1, 0.15) is 20.7 Å². The van der Waals surface area contributed by atoms with Crippen molar-refractivity contribution in [2.45, 2.75) is 22.0 Å². The highest BCUT2D eigenvalue weighted by Crippen LogP contribution is 2.21. The Morgan fingerprint density at radius 3 is 1.40 bits per heavy atom. The Balaban J connectivity index is 1.57. The smallest absolute Gasteiger partial charge is 0.338 e. The van der Waals surface area contributed by atoms with Crippen LogP contribution in [-0.4, -0.2) is 60.8 Å². The van der Waals surface area contributed by atoms with E-state index in [2.05, 4.69) is 13.2 Å². The first-order chi connectivity index (χ1) is 20.4. The van der Waals surface area contributed by atoms with Gasteiger partial charge in [0.05, 0.1) is 11.1 Å². The van der Waals surface area contributed by atoms with Crippen LogP contribution in [0.5, 0.6) is 0 Å². The molecule has 0 radical (unpaired) electrons. The molecule has 8 nitrogen and oxygen atoms in total. The van der Waals surface area contributed by atoms with E-state index in [0.29, 0.717) is 11.5 Å².